The van der Waals surface area contributed by atoms with E-state index < -0.39 is 6.10 Å². The van der Waals surface area contributed by atoms with Crippen molar-refractivity contribution in [3.8, 4) is 5.88 Å². The first-order valence-corrected chi connectivity index (χ1v) is 6.65. The number of aliphatic hydroxyl groups excluding tert-OH is 1. The molecule has 6 heteroatoms. The van der Waals surface area contributed by atoms with Gasteiger partial charge >= 0.3 is 0 Å². The topological polar surface area (TPSA) is 60.8 Å². The standard InChI is InChI=1S/C12H14BrNO4/c1-6-7(13)2-3-10(14-6)18-9-5-17-11-8(15)4-16-12(9)11/h2-3,8-9,11-12,15H,4-5H2,1H3/t8-,9+,11+,12+/m0/s1. The van der Waals surface area contributed by atoms with E-state index in [1.165, 1.54) is 0 Å². The van der Waals surface area contributed by atoms with Gasteiger partial charge in [0, 0.05) is 10.5 Å². The Kier molecular flexibility index (Phi) is 3.27. The molecule has 1 aromatic heterocycles. The highest BCUT2D eigenvalue weighted by molar-refractivity contribution is 9.10. The molecule has 0 radical (unpaired) electrons. The molecule has 2 fully saturated rings. The fourth-order valence-electron chi connectivity index (χ4n) is 2.29. The molecule has 0 saturated carbocycles. The Labute approximate surface area is 113 Å². The number of aliphatic hydroxyl groups is 1. The Morgan fingerprint density at radius 2 is 2.11 bits per heavy atom. The zero-order valence-corrected chi connectivity index (χ0v) is 11.5. The van der Waals surface area contributed by atoms with Gasteiger partial charge in [-0.1, -0.05) is 0 Å². The van der Waals surface area contributed by atoms with Crippen molar-refractivity contribution in [3.05, 3.63) is 22.3 Å². The zero-order chi connectivity index (χ0) is 12.7. The van der Waals surface area contributed by atoms with Crippen molar-refractivity contribution in [1.29, 1.82) is 0 Å². The number of fused-ring (bicyclic) bond motifs is 1. The highest BCUT2D eigenvalue weighted by Crippen LogP contribution is 2.29. The summed E-state index contributed by atoms with van der Waals surface area (Å²) in [5.74, 6) is 0.551. The molecule has 5 nitrogen and oxygen atoms in total. The predicted molar refractivity (Wildman–Crippen MR) is 66.6 cm³/mol. The van der Waals surface area contributed by atoms with Gasteiger partial charge in [0.15, 0.2) is 6.10 Å². The van der Waals surface area contributed by atoms with Crippen LogP contribution < -0.4 is 4.74 Å². The average Bonchev–Trinajstić information content (AvgIpc) is 2.89. The molecule has 4 atom stereocenters. The van der Waals surface area contributed by atoms with Crippen LogP contribution in [0.1, 0.15) is 5.69 Å². The van der Waals surface area contributed by atoms with Gasteiger partial charge in [-0.15, -0.1) is 0 Å². The van der Waals surface area contributed by atoms with Gasteiger partial charge < -0.3 is 19.3 Å². The third-order valence-corrected chi connectivity index (χ3v) is 4.09. The number of aromatic nitrogens is 1. The zero-order valence-electron chi connectivity index (χ0n) is 9.88. The number of rotatable bonds is 2. The van der Waals surface area contributed by atoms with E-state index in [2.05, 4.69) is 20.9 Å². The molecule has 1 N–H and O–H groups in total. The Balaban J connectivity index is 1.71. The predicted octanol–water partition coefficient (Wildman–Crippen LogP) is 1.06. The van der Waals surface area contributed by atoms with Crippen molar-refractivity contribution in [1.82, 2.24) is 4.98 Å². The fraction of sp³-hybridized carbons (Fsp3) is 0.583. The van der Waals surface area contributed by atoms with Crippen molar-refractivity contribution in [2.75, 3.05) is 13.2 Å². The van der Waals surface area contributed by atoms with Gasteiger partial charge in [0.1, 0.15) is 18.3 Å². The highest BCUT2D eigenvalue weighted by Gasteiger charge is 2.48. The summed E-state index contributed by atoms with van der Waals surface area (Å²) in [6.45, 7) is 2.63. The summed E-state index contributed by atoms with van der Waals surface area (Å²) in [6.07, 6.45) is -1.24. The van der Waals surface area contributed by atoms with Crippen LogP contribution in [0.3, 0.4) is 0 Å². The molecular formula is C12H14BrNO4. The molecule has 0 unspecified atom stereocenters. The first-order valence-electron chi connectivity index (χ1n) is 5.86. The number of ether oxygens (including phenoxy) is 3. The smallest absolute Gasteiger partial charge is 0.213 e. The molecule has 2 saturated heterocycles. The van der Waals surface area contributed by atoms with E-state index in [-0.39, 0.29) is 18.3 Å². The van der Waals surface area contributed by atoms with Gasteiger partial charge in [-0.2, -0.15) is 0 Å². The molecule has 1 aromatic rings. The lowest BCUT2D eigenvalue weighted by molar-refractivity contribution is 0.00777. The molecule has 0 bridgehead atoms. The van der Waals surface area contributed by atoms with Crippen molar-refractivity contribution in [3.63, 3.8) is 0 Å². The van der Waals surface area contributed by atoms with Gasteiger partial charge in [-0.25, -0.2) is 4.98 Å². The van der Waals surface area contributed by atoms with Crippen LogP contribution in [0.15, 0.2) is 16.6 Å². The molecule has 0 aliphatic carbocycles. The second kappa shape index (κ2) is 4.77. The Morgan fingerprint density at radius 1 is 1.33 bits per heavy atom. The van der Waals surface area contributed by atoms with Crippen LogP contribution in [-0.2, 0) is 9.47 Å². The molecule has 0 aromatic carbocycles. The Morgan fingerprint density at radius 3 is 2.89 bits per heavy atom. The van der Waals surface area contributed by atoms with Crippen molar-refractivity contribution in [2.45, 2.75) is 31.3 Å². The van der Waals surface area contributed by atoms with E-state index in [1.807, 2.05) is 13.0 Å². The van der Waals surface area contributed by atoms with E-state index in [1.54, 1.807) is 6.07 Å². The van der Waals surface area contributed by atoms with Gasteiger partial charge in [0.25, 0.3) is 0 Å². The minimum Gasteiger partial charge on any atom is -0.469 e. The summed E-state index contributed by atoms with van der Waals surface area (Å²) in [5.41, 5.74) is 0.871. The lowest BCUT2D eigenvalue weighted by Gasteiger charge is -2.17. The summed E-state index contributed by atoms with van der Waals surface area (Å²) >= 11 is 3.39. The molecule has 2 aliphatic rings. The fourth-order valence-corrected chi connectivity index (χ4v) is 2.51. The van der Waals surface area contributed by atoms with E-state index in [4.69, 9.17) is 14.2 Å². The first kappa shape index (κ1) is 12.3. The average molecular weight is 316 g/mol. The maximum Gasteiger partial charge on any atom is 0.213 e. The van der Waals surface area contributed by atoms with Crippen LogP contribution >= 0.6 is 15.9 Å². The van der Waals surface area contributed by atoms with Crippen LogP contribution in [-0.4, -0.2) is 47.7 Å². The maximum absolute atomic E-state index is 9.64. The van der Waals surface area contributed by atoms with Crippen molar-refractivity contribution >= 4 is 15.9 Å². The largest absolute Gasteiger partial charge is 0.469 e. The lowest BCUT2D eigenvalue weighted by atomic mass is 10.1. The number of aryl methyl sites for hydroxylation is 1. The van der Waals surface area contributed by atoms with Crippen LogP contribution in [0.2, 0.25) is 0 Å². The van der Waals surface area contributed by atoms with Crippen LogP contribution in [0.25, 0.3) is 0 Å². The summed E-state index contributed by atoms with van der Waals surface area (Å²) in [4.78, 5) is 4.33. The molecule has 0 amide bonds. The van der Waals surface area contributed by atoms with E-state index >= 15 is 0 Å². The van der Waals surface area contributed by atoms with Crippen LogP contribution in [0.5, 0.6) is 5.88 Å². The molecule has 98 valence electrons. The van der Waals surface area contributed by atoms with E-state index in [0.717, 1.165) is 10.2 Å². The molecule has 2 aliphatic heterocycles. The summed E-state index contributed by atoms with van der Waals surface area (Å²) < 4.78 is 17.7. The SMILES string of the molecule is Cc1nc(O[C@@H]2CO[C@H]3[C@@H]2OC[C@@H]3O)ccc1Br. The van der Waals surface area contributed by atoms with Gasteiger partial charge in [-0.3, -0.25) is 0 Å². The quantitative estimate of drug-likeness (QED) is 0.884. The van der Waals surface area contributed by atoms with Gasteiger partial charge in [-0.05, 0) is 28.9 Å². The first-order chi connectivity index (χ1) is 8.65. The number of nitrogens with zero attached hydrogens (tertiary/aromatic N) is 1. The van der Waals surface area contributed by atoms with Crippen molar-refractivity contribution < 1.29 is 19.3 Å². The number of hydrogen-bond acceptors (Lipinski definition) is 5. The normalized spacial score (nSPS) is 34.6. The number of hydrogen-bond donors (Lipinski definition) is 1. The molecule has 0 spiro atoms. The second-order valence-electron chi connectivity index (χ2n) is 4.54. The minimum atomic E-state index is -0.553. The highest BCUT2D eigenvalue weighted by atomic mass is 79.9. The van der Waals surface area contributed by atoms with Crippen molar-refractivity contribution in [2.24, 2.45) is 0 Å². The van der Waals surface area contributed by atoms with Crippen LogP contribution in [0.4, 0.5) is 0 Å². The van der Waals surface area contributed by atoms with Crippen LogP contribution in [0, 0.1) is 6.92 Å². The molecule has 3 heterocycles. The molecule has 18 heavy (non-hydrogen) atoms. The van der Waals surface area contributed by atoms with E-state index in [0.29, 0.717) is 19.1 Å². The summed E-state index contributed by atoms with van der Waals surface area (Å²) in [5, 5.41) is 9.64. The number of pyridine rings is 1. The number of halogens is 1. The summed E-state index contributed by atoms with van der Waals surface area (Å²) in [7, 11) is 0. The Bertz CT molecular complexity index is 456. The lowest BCUT2D eigenvalue weighted by Crippen LogP contribution is -2.34. The maximum atomic E-state index is 9.64. The van der Waals surface area contributed by atoms with Gasteiger partial charge in [0.2, 0.25) is 5.88 Å². The van der Waals surface area contributed by atoms with Gasteiger partial charge in [0.05, 0.1) is 18.9 Å². The monoisotopic (exact) mass is 315 g/mol. The molecule has 3 rings (SSSR count). The van der Waals surface area contributed by atoms with E-state index in [9.17, 15) is 5.11 Å². The second-order valence-corrected chi connectivity index (χ2v) is 5.39. The molecular weight excluding hydrogens is 302 g/mol. The summed E-state index contributed by atoms with van der Waals surface area (Å²) in [6, 6.07) is 3.70. The Hall–Kier alpha value is -0.690. The third kappa shape index (κ3) is 2.14. The minimum absolute atomic E-state index is 0.203. The third-order valence-electron chi connectivity index (χ3n) is 3.25.